The van der Waals surface area contributed by atoms with Crippen LogP contribution in [-0.4, -0.2) is 64.9 Å². The quantitative estimate of drug-likeness (QED) is 0.0202. The van der Waals surface area contributed by atoms with Crippen molar-refractivity contribution in [3.63, 3.8) is 0 Å². The number of esters is 1. The maximum atomic E-state index is 12.3. The molecule has 0 heterocycles. The molecule has 12 heteroatoms. The summed E-state index contributed by atoms with van der Waals surface area (Å²) in [6, 6.07) is -1.54. The lowest BCUT2D eigenvalue weighted by Gasteiger charge is -2.18. The minimum absolute atomic E-state index is 0.151. The van der Waals surface area contributed by atoms with Gasteiger partial charge in [0.15, 0.2) is 6.04 Å². The van der Waals surface area contributed by atoms with Gasteiger partial charge in [-0.2, -0.15) is 0 Å². The molecule has 0 aromatic heterocycles. The molecule has 3 unspecified atom stereocenters. The van der Waals surface area contributed by atoms with Gasteiger partial charge in [0.25, 0.3) is 0 Å². The second-order valence-corrected chi connectivity index (χ2v) is 16.7. The molecule has 0 aliphatic heterocycles. The van der Waals surface area contributed by atoms with E-state index in [-0.39, 0.29) is 12.8 Å². The van der Waals surface area contributed by atoms with Gasteiger partial charge in [-0.1, -0.05) is 174 Å². The molecule has 0 saturated carbocycles. The minimum Gasteiger partial charge on any atom is -0.480 e. The first-order chi connectivity index (χ1) is 26.6. The third-order valence-corrected chi connectivity index (χ3v) is 10.8. The van der Waals surface area contributed by atoms with E-state index in [1.165, 1.54) is 116 Å². The van der Waals surface area contributed by atoms with Crippen LogP contribution in [0.25, 0.3) is 0 Å². The van der Waals surface area contributed by atoms with Crippen molar-refractivity contribution >= 4 is 25.7 Å². The van der Waals surface area contributed by atoms with Crippen LogP contribution in [0.15, 0.2) is 12.2 Å². The van der Waals surface area contributed by atoms with Crippen molar-refractivity contribution < 1.29 is 47.8 Å². The number of carboxylic acids is 1. The fraction of sp³-hybridized carbons (Fsp3) is 0.884. The highest BCUT2D eigenvalue weighted by molar-refractivity contribution is 7.47. The molecule has 55 heavy (non-hydrogen) atoms. The zero-order chi connectivity index (χ0) is 40.7. The SMILES string of the molecule is CCCCC/C=C\CCCCCCCC(=O)OCC(O)COP(=O)(O)OCC(NC(=O)CCCCCCCCCCCCCCCCCCCCC)C(=O)O. The molecule has 0 aliphatic rings. The summed E-state index contributed by atoms with van der Waals surface area (Å²) in [5.74, 6) is -2.37. The topological polar surface area (TPSA) is 169 Å². The predicted octanol–water partition coefficient (Wildman–Crippen LogP) is 11.3. The summed E-state index contributed by atoms with van der Waals surface area (Å²) in [6.07, 6.45) is 38.1. The number of carbonyl (C=O) groups excluding carboxylic acids is 2. The van der Waals surface area contributed by atoms with Crippen LogP contribution in [0.1, 0.15) is 213 Å². The average molecular weight is 804 g/mol. The van der Waals surface area contributed by atoms with E-state index < -0.39 is 57.6 Å². The molecule has 1 amide bonds. The Balaban J connectivity index is 3.87. The lowest BCUT2D eigenvalue weighted by molar-refractivity contribution is -0.147. The molecular formula is C43H82NO10P. The maximum Gasteiger partial charge on any atom is 0.472 e. The van der Waals surface area contributed by atoms with Gasteiger partial charge >= 0.3 is 19.8 Å². The summed E-state index contributed by atoms with van der Waals surface area (Å²) in [5.41, 5.74) is 0. The Labute approximate surface area is 335 Å². The molecule has 4 N–H and O–H groups in total. The van der Waals surface area contributed by atoms with Gasteiger partial charge in [0.2, 0.25) is 5.91 Å². The molecule has 0 saturated heterocycles. The van der Waals surface area contributed by atoms with Gasteiger partial charge in [0, 0.05) is 12.8 Å². The van der Waals surface area contributed by atoms with Crippen molar-refractivity contribution in [3.05, 3.63) is 12.2 Å². The Hall–Kier alpha value is -1.78. The van der Waals surface area contributed by atoms with Crippen molar-refractivity contribution in [2.45, 2.75) is 225 Å². The summed E-state index contributed by atoms with van der Waals surface area (Å²) in [7, 11) is -4.75. The van der Waals surface area contributed by atoms with Crippen LogP contribution in [0, 0.1) is 0 Å². The molecule has 0 radical (unpaired) electrons. The standard InChI is InChI=1S/C43H82NO10P/c1-3-5-7-9-11-13-15-17-18-19-20-21-22-23-24-26-28-30-32-34-41(46)44-40(43(48)49)38-54-55(50,51)53-37-39(45)36-52-42(47)35-33-31-29-27-25-16-14-12-10-8-6-4-2/h12,14,39-40,45H,3-11,13,15-38H2,1-2H3,(H,44,46)(H,48,49)(H,50,51)/b14-12-. The largest absolute Gasteiger partial charge is 0.480 e. The normalized spacial score (nSPS) is 13.8. The number of allylic oxidation sites excluding steroid dienone is 2. The van der Waals surface area contributed by atoms with Crippen LogP contribution >= 0.6 is 7.82 Å². The number of hydrogen-bond donors (Lipinski definition) is 4. The molecule has 0 spiro atoms. The number of nitrogens with one attached hydrogen (secondary N) is 1. The number of aliphatic hydroxyl groups excluding tert-OH is 1. The smallest absolute Gasteiger partial charge is 0.472 e. The number of phosphoric acid groups is 1. The fourth-order valence-electron chi connectivity index (χ4n) is 6.31. The van der Waals surface area contributed by atoms with E-state index in [9.17, 15) is 34.1 Å². The Morgan fingerprint density at radius 3 is 1.42 bits per heavy atom. The van der Waals surface area contributed by atoms with Crippen LogP contribution in [0.5, 0.6) is 0 Å². The molecule has 11 nitrogen and oxygen atoms in total. The van der Waals surface area contributed by atoms with Gasteiger partial charge < -0.3 is 25.2 Å². The van der Waals surface area contributed by atoms with Gasteiger partial charge in [-0.3, -0.25) is 18.6 Å². The van der Waals surface area contributed by atoms with E-state index in [4.69, 9.17) is 13.8 Å². The molecule has 0 aliphatic carbocycles. The summed E-state index contributed by atoms with van der Waals surface area (Å²) < 4.78 is 26.8. The molecular weight excluding hydrogens is 721 g/mol. The highest BCUT2D eigenvalue weighted by Gasteiger charge is 2.28. The van der Waals surface area contributed by atoms with E-state index in [0.717, 1.165) is 57.8 Å². The van der Waals surface area contributed by atoms with Crippen molar-refractivity contribution in [2.24, 2.45) is 0 Å². The van der Waals surface area contributed by atoms with E-state index in [0.29, 0.717) is 12.8 Å². The number of carbonyl (C=O) groups is 3. The summed E-state index contributed by atoms with van der Waals surface area (Å²) in [6.45, 7) is 2.58. The fourth-order valence-corrected chi connectivity index (χ4v) is 7.08. The first-order valence-electron chi connectivity index (χ1n) is 22.2. The first-order valence-corrected chi connectivity index (χ1v) is 23.7. The van der Waals surface area contributed by atoms with Gasteiger partial charge in [0.05, 0.1) is 13.2 Å². The van der Waals surface area contributed by atoms with Gasteiger partial charge in [-0.25, -0.2) is 9.36 Å². The van der Waals surface area contributed by atoms with Crippen LogP contribution < -0.4 is 5.32 Å². The molecule has 0 bridgehead atoms. The highest BCUT2D eigenvalue weighted by atomic mass is 31.2. The molecule has 324 valence electrons. The minimum atomic E-state index is -4.75. The van der Waals surface area contributed by atoms with Gasteiger partial charge in [-0.15, -0.1) is 0 Å². The lowest BCUT2D eigenvalue weighted by atomic mass is 10.0. The summed E-state index contributed by atoms with van der Waals surface area (Å²) in [5, 5.41) is 21.8. The van der Waals surface area contributed by atoms with Crippen LogP contribution in [-0.2, 0) is 32.7 Å². The van der Waals surface area contributed by atoms with Crippen molar-refractivity contribution in [1.29, 1.82) is 0 Å². The van der Waals surface area contributed by atoms with Crippen molar-refractivity contribution in [3.8, 4) is 0 Å². The van der Waals surface area contributed by atoms with Crippen molar-refractivity contribution in [2.75, 3.05) is 19.8 Å². The number of carboxylic acid groups (broad SMARTS) is 1. The Bertz CT molecular complexity index is 995. The number of rotatable bonds is 42. The zero-order valence-corrected chi connectivity index (χ0v) is 35.9. The Kier molecular flexibility index (Phi) is 37.8. The lowest BCUT2D eigenvalue weighted by Crippen LogP contribution is -2.43. The Morgan fingerprint density at radius 2 is 0.945 bits per heavy atom. The molecule has 0 aromatic carbocycles. The number of amides is 1. The second kappa shape index (κ2) is 39.1. The third-order valence-electron chi connectivity index (χ3n) is 9.80. The molecule has 0 aromatic rings. The van der Waals surface area contributed by atoms with Crippen molar-refractivity contribution in [1.82, 2.24) is 5.32 Å². The van der Waals surface area contributed by atoms with Crippen LogP contribution in [0.4, 0.5) is 0 Å². The first kappa shape index (κ1) is 53.2. The number of phosphoric ester groups is 1. The van der Waals surface area contributed by atoms with Gasteiger partial charge in [0.1, 0.15) is 12.7 Å². The summed E-state index contributed by atoms with van der Waals surface area (Å²) >= 11 is 0. The number of unbranched alkanes of at least 4 members (excludes halogenated alkanes) is 26. The number of aliphatic carboxylic acids is 1. The summed E-state index contributed by atoms with van der Waals surface area (Å²) in [4.78, 5) is 45.9. The van der Waals surface area contributed by atoms with Crippen LogP contribution in [0.3, 0.4) is 0 Å². The number of ether oxygens (including phenoxy) is 1. The zero-order valence-electron chi connectivity index (χ0n) is 35.0. The monoisotopic (exact) mass is 804 g/mol. The predicted molar refractivity (Wildman–Crippen MR) is 222 cm³/mol. The third kappa shape index (κ3) is 38.9. The van der Waals surface area contributed by atoms with E-state index in [1.807, 2.05) is 0 Å². The second-order valence-electron chi connectivity index (χ2n) is 15.2. The maximum absolute atomic E-state index is 12.3. The molecule has 0 fully saturated rings. The Morgan fingerprint density at radius 1 is 0.564 bits per heavy atom. The highest BCUT2D eigenvalue weighted by Crippen LogP contribution is 2.43. The van der Waals surface area contributed by atoms with Gasteiger partial charge in [-0.05, 0) is 38.5 Å². The molecule has 0 rings (SSSR count). The van der Waals surface area contributed by atoms with Crippen LogP contribution in [0.2, 0.25) is 0 Å². The van der Waals surface area contributed by atoms with E-state index >= 15 is 0 Å². The number of hydrogen-bond acceptors (Lipinski definition) is 8. The van der Waals surface area contributed by atoms with E-state index in [1.54, 1.807) is 0 Å². The number of aliphatic hydroxyl groups is 1. The van der Waals surface area contributed by atoms with E-state index in [2.05, 4.69) is 31.3 Å². The molecule has 3 atom stereocenters. The average Bonchev–Trinajstić information content (AvgIpc) is 3.16.